The van der Waals surface area contributed by atoms with Crippen molar-refractivity contribution in [2.75, 3.05) is 25.9 Å². The Kier molecular flexibility index (Phi) is 7.65. The van der Waals surface area contributed by atoms with Crippen LogP contribution in [-0.4, -0.2) is 73.0 Å². The number of rotatable bonds is 9. The quantitative estimate of drug-likeness (QED) is 0.476. The number of piperidine rings is 1. The third-order valence-corrected chi connectivity index (χ3v) is 7.93. The van der Waals surface area contributed by atoms with Crippen molar-refractivity contribution in [1.82, 2.24) is 19.5 Å². The molecule has 4 atom stereocenters. The number of nitrogens with one attached hydrogen (secondary N) is 2. The van der Waals surface area contributed by atoms with E-state index < -0.39 is 16.1 Å². The van der Waals surface area contributed by atoms with Gasteiger partial charge in [0.25, 0.3) is 11.5 Å². The number of carbonyl (C=O) groups excluding carboxylic acids is 1. The average Bonchev–Trinajstić information content (AvgIpc) is 3.01. The van der Waals surface area contributed by atoms with Crippen LogP contribution in [0.15, 0.2) is 35.1 Å². The smallest absolute Gasteiger partial charge is 0.264 e. The summed E-state index contributed by atoms with van der Waals surface area (Å²) < 4.78 is 26.6. The molecular formula is C25H36N4O5S. The van der Waals surface area contributed by atoms with E-state index in [1.165, 1.54) is 0 Å². The molecule has 2 aromatic rings. The van der Waals surface area contributed by atoms with E-state index in [2.05, 4.69) is 14.9 Å². The molecule has 0 aliphatic carbocycles. The molecule has 1 unspecified atom stereocenters. The first-order valence-electron chi connectivity index (χ1n) is 12.3. The van der Waals surface area contributed by atoms with Gasteiger partial charge in [-0.25, -0.2) is 13.1 Å². The normalized spacial score (nSPS) is 23.6. The van der Waals surface area contributed by atoms with E-state index in [9.17, 15) is 23.1 Å². The van der Waals surface area contributed by atoms with Gasteiger partial charge in [0.05, 0.1) is 17.9 Å². The lowest BCUT2D eigenvalue weighted by atomic mass is 9.90. The average molecular weight is 505 g/mol. The Morgan fingerprint density at radius 2 is 1.83 bits per heavy atom. The van der Waals surface area contributed by atoms with Crippen molar-refractivity contribution in [3.63, 3.8) is 0 Å². The zero-order chi connectivity index (χ0) is 25.3. The molecule has 10 heteroatoms. The van der Waals surface area contributed by atoms with E-state index >= 15 is 0 Å². The third kappa shape index (κ3) is 5.94. The number of pyridine rings is 1. The van der Waals surface area contributed by atoms with Crippen molar-refractivity contribution in [3.8, 4) is 0 Å². The minimum atomic E-state index is -3.33. The highest BCUT2D eigenvalue weighted by molar-refractivity contribution is 7.88. The Bertz CT molecular complexity index is 1230. The Morgan fingerprint density at radius 1 is 1.17 bits per heavy atom. The molecule has 2 saturated heterocycles. The number of carbonyl (C=O) groups is 1. The Balaban J connectivity index is 1.38. The predicted molar refractivity (Wildman–Crippen MR) is 136 cm³/mol. The van der Waals surface area contributed by atoms with Crippen LogP contribution in [0.25, 0.3) is 10.9 Å². The van der Waals surface area contributed by atoms with E-state index in [4.69, 9.17) is 0 Å². The zero-order valence-corrected chi connectivity index (χ0v) is 21.4. The molecule has 2 aliphatic heterocycles. The van der Waals surface area contributed by atoms with E-state index in [0.29, 0.717) is 31.1 Å². The second-order valence-corrected chi connectivity index (χ2v) is 12.1. The summed E-state index contributed by atoms with van der Waals surface area (Å²) in [5.41, 5.74) is 0.712. The second kappa shape index (κ2) is 10.4. The van der Waals surface area contributed by atoms with Crippen molar-refractivity contribution in [2.45, 2.75) is 63.8 Å². The second-order valence-electron chi connectivity index (χ2n) is 10.3. The number of nitrogens with zero attached hydrogens (tertiary/aromatic N) is 2. The third-order valence-electron chi connectivity index (χ3n) is 7.24. The highest BCUT2D eigenvalue weighted by atomic mass is 32.2. The van der Waals surface area contributed by atoms with Crippen LogP contribution < -0.4 is 15.6 Å². The highest BCUT2D eigenvalue weighted by Crippen LogP contribution is 2.38. The standard InChI is InChI=1S/C25H36N4O5S/c1-16(2)29-23-7-5-4-6-18(23)12-22(25(29)32)24(31)26-13-17-10-19-8-9-20(11-17)28(19)15-21(30)14-27-35(3,33)34/h4-7,12,16-17,19-21,27,30H,8-11,13-15H2,1-3H3,(H,26,31)/t17?,19-,20+,21-/m0/s1. The number of aliphatic hydroxyl groups is 1. The molecule has 0 spiro atoms. The number of para-hydroxylation sites is 1. The molecule has 2 bridgehead atoms. The lowest BCUT2D eigenvalue weighted by Gasteiger charge is -2.40. The maximum absolute atomic E-state index is 13.1. The zero-order valence-electron chi connectivity index (χ0n) is 20.6. The number of fused-ring (bicyclic) bond motifs is 3. The molecule has 1 amide bonds. The predicted octanol–water partition coefficient (Wildman–Crippen LogP) is 1.47. The van der Waals surface area contributed by atoms with Gasteiger partial charge in [0, 0.05) is 37.8 Å². The first kappa shape index (κ1) is 25.8. The summed E-state index contributed by atoms with van der Waals surface area (Å²) in [6.07, 6.45) is 4.18. The minimum Gasteiger partial charge on any atom is -0.390 e. The van der Waals surface area contributed by atoms with Gasteiger partial charge in [-0.1, -0.05) is 18.2 Å². The summed E-state index contributed by atoms with van der Waals surface area (Å²) in [5, 5.41) is 14.2. The van der Waals surface area contributed by atoms with Gasteiger partial charge in [-0.05, 0) is 63.0 Å². The molecule has 35 heavy (non-hydrogen) atoms. The molecule has 192 valence electrons. The van der Waals surface area contributed by atoms with Gasteiger partial charge in [-0.15, -0.1) is 0 Å². The van der Waals surface area contributed by atoms with Gasteiger partial charge in [0.15, 0.2) is 0 Å². The fraction of sp³-hybridized carbons (Fsp3) is 0.600. The first-order valence-corrected chi connectivity index (χ1v) is 14.2. The molecule has 0 radical (unpaired) electrons. The summed E-state index contributed by atoms with van der Waals surface area (Å²) in [7, 11) is -3.33. The van der Waals surface area contributed by atoms with E-state index in [-0.39, 0.29) is 29.6 Å². The van der Waals surface area contributed by atoms with Crippen molar-refractivity contribution in [2.24, 2.45) is 5.92 Å². The highest BCUT2D eigenvalue weighted by Gasteiger charge is 2.41. The summed E-state index contributed by atoms with van der Waals surface area (Å²) in [4.78, 5) is 28.5. The van der Waals surface area contributed by atoms with Crippen LogP contribution in [0.5, 0.6) is 0 Å². The summed E-state index contributed by atoms with van der Waals surface area (Å²) in [6, 6.07) is 9.84. The Hall–Kier alpha value is -2.27. The van der Waals surface area contributed by atoms with Crippen LogP contribution in [-0.2, 0) is 10.0 Å². The van der Waals surface area contributed by atoms with Crippen LogP contribution in [0.1, 0.15) is 55.9 Å². The van der Waals surface area contributed by atoms with Gasteiger partial charge < -0.3 is 15.0 Å². The topological polar surface area (TPSA) is 121 Å². The monoisotopic (exact) mass is 504 g/mol. The summed E-state index contributed by atoms with van der Waals surface area (Å²) >= 11 is 0. The lowest BCUT2D eigenvalue weighted by Crippen LogP contribution is -2.50. The van der Waals surface area contributed by atoms with Crippen LogP contribution in [0.2, 0.25) is 0 Å². The van der Waals surface area contributed by atoms with Crippen LogP contribution in [0, 0.1) is 5.92 Å². The van der Waals surface area contributed by atoms with Crippen LogP contribution in [0.4, 0.5) is 0 Å². The van der Waals surface area contributed by atoms with Crippen molar-refractivity contribution >= 4 is 26.8 Å². The number of hydrogen-bond acceptors (Lipinski definition) is 6. The first-order chi connectivity index (χ1) is 16.5. The number of aromatic nitrogens is 1. The molecule has 3 heterocycles. The fourth-order valence-electron chi connectivity index (χ4n) is 5.70. The largest absolute Gasteiger partial charge is 0.390 e. The van der Waals surface area contributed by atoms with Gasteiger partial charge in [-0.2, -0.15) is 0 Å². The summed E-state index contributed by atoms with van der Waals surface area (Å²) in [6.45, 7) is 4.82. The molecule has 3 N–H and O–H groups in total. The van der Waals surface area contributed by atoms with Gasteiger partial charge in [-0.3, -0.25) is 14.5 Å². The summed E-state index contributed by atoms with van der Waals surface area (Å²) in [5.74, 6) is -0.0426. The molecule has 0 saturated carbocycles. The van der Waals surface area contributed by atoms with Gasteiger partial charge in [0.2, 0.25) is 10.0 Å². The number of hydrogen-bond donors (Lipinski definition) is 3. The van der Waals surface area contributed by atoms with Crippen molar-refractivity contribution < 1.29 is 18.3 Å². The number of sulfonamides is 1. The molecule has 9 nitrogen and oxygen atoms in total. The molecule has 2 fully saturated rings. The SMILES string of the molecule is CC(C)n1c(=O)c(C(=O)NCC2C[C@H]3CC[C@@H](C2)N3C[C@@H](O)CNS(C)(=O)=O)cc2ccccc21. The maximum Gasteiger partial charge on any atom is 0.264 e. The maximum atomic E-state index is 13.1. The number of amides is 1. The van der Waals surface area contributed by atoms with Gasteiger partial charge >= 0.3 is 0 Å². The van der Waals surface area contributed by atoms with E-state index in [0.717, 1.165) is 42.8 Å². The molecule has 1 aromatic heterocycles. The van der Waals surface area contributed by atoms with E-state index in [1.54, 1.807) is 10.6 Å². The number of aliphatic hydroxyl groups excluding tert-OH is 1. The van der Waals surface area contributed by atoms with E-state index in [1.807, 2.05) is 38.1 Å². The molecule has 1 aromatic carbocycles. The van der Waals surface area contributed by atoms with Crippen LogP contribution in [0.3, 0.4) is 0 Å². The number of benzene rings is 1. The molecule has 4 rings (SSSR count). The van der Waals surface area contributed by atoms with Crippen molar-refractivity contribution in [1.29, 1.82) is 0 Å². The minimum absolute atomic E-state index is 0.00786. The van der Waals surface area contributed by atoms with Crippen LogP contribution >= 0.6 is 0 Å². The molecular weight excluding hydrogens is 468 g/mol. The van der Waals surface area contributed by atoms with Crippen molar-refractivity contribution in [3.05, 3.63) is 46.2 Å². The lowest BCUT2D eigenvalue weighted by molar-refractivity contribution is 0.0468. The Morgan fingerprint density at radius 3 is 2.46 bits per heavy atom. The Labute approximate surface area is 206 Å². The fourth-order valence-corrected chi connectivity index (χ4v) is 6.20. The molecule has 2 aliphatic rings. The van der Waals surface area contributed by atoms with Gasteiger partial charge in [0.1, 0.15) is 5.56 Å².